The fourth-order valence-electron chi connectivity index (χ4n) is 2.25. The average molecular weight is 297 g/mol. The van der Waals surface area contributed by atoms with Gasteiger partial charge in [0.15, 0.2) is 0 Å². The molecule has 6 heteroatoms. The van der Waals surface area contributed by atoms with E-state index in [1.165, 1.54) is 12.8 Å². The van der Waals surface area contributed by atoms with Crippen LogP contribution in [0.2, 0.25) is 0 Å². The molecule has 0 aromatic carbocycles. The van der Waals surface area contributed by atoms with E-state index in [2.05, 4.69) is 11.6 Å². The molecule has 0 aliphatic heterocycles. The number of nitrogens with two attached hydrogens (primary N) is 1. The van der Waals surface area contributed by atoms with E-state index >= 15 is 0 Å². The smallest absolute Gasteiger partial charge is 0.222 e. The van der Waals surface area contributed by atoms with Crippen LogP contribution in [-0.4, -0.2) is 43.2 Å². The molecule has 3 atom stereocenters. The molecule has 0 saturated heterocycles. The second-order valence-corrected chi connectivity index (χ2v) is 5.72. The van der Waals surface area contributed by atoms with Crippen molar-refractivity contribution in [2.75, 3.05) is 19.9 Å². The molecule has 3 N–H and O–H groups in total. The molecule has 0 bridgehead atoms. The fourth-order valence-corrected chi connectivity index (χ4v) is 3.07. The summed E-state index contributed by atoms with van der Waals surface area (Å²) in [4.78, 5) is 11.8. The van der Waals surface area contributed by atoms with Crippen LogP contribution in [-0.2, 0) is 9.53 Å². The summed E-state index contributed by atoms with van der Waals surface area (Å²) in [6.45, 7) is 0.391. The first-order valence-electron chi connectivity index (χ1n) is 6.24. The average Bonchev–Trinajstić information content (AvgIpc) is 2.36. The Kier molecular flexibility index (Phi) is 9.91. The van der Waals surface area contributed by atoms with Gasteiger partial charge in [-0.2, -0.15) is 11.8 Å². The van der Waals surface area contributed by atoms with Crippen molar-refractivity contribution in [2.24, 2.45) is 5.73 Å². The van der Waals surface area contributed by atoms with Gasteiger partial charge in [0, 0.05) is 24.9 Å². The summed E-state index contributed by atoms with van der Waals surface area (Å²) < 4.78 is 5.11. The molecular weight excluding hydrogens is 272 g/mol. The van der Waals surface area contributed by atoms with Crippen molar-refractivity contribution in [3.8, 4) is 0 Å². The topological polar surface area (TPSA) is 64.3 Å². The molecule has 1 saturated carbocycles. The minimum Gasteiger partial charge on any atom is -0.380 e. The Hall–Kier alpha value is 0.0300. The van der Waals surface area contributed by atoms with Crippen LogP contribution >= 0.6 is 24.2 Å². The molecule has 1 aliphatic carbocycles. The lowest BCUT2D eigenvalue weighted by Crippen LogP contribution is -2.41. The number of methoxy groups -OCH3 is 1. The Labute approximate surface area is 120 Å². The highest BCUT2D eigenvalue weighted by molar-refractivity contribution is 7.99. The molecule has 0 heterocycles. The third-order valence-electron chi connectivity index (χ3n) is 3.33. The van der Waals surface area contributed by atoms with Gasteiger partial charge in [0.1, 0.15) is 0 Å². The third kappa shape index (κ3) is 6.27. The van der Waals surface area contributed by atoms with E-state index < -0.39 is 0 Å². The Morgan fingerprint density at radius 2 is 2.28 bits per heavy atom. The number of hydrogen-bond acceptors (Lipinski definition) is 4. The maximum Gasteiger partial charge on any atom is 0.222 e. The Bertz CT molecular complexity index is 240. The van der Waals surface area contributed by atoms with Crippen LogP contribution in [0.25, 0.3) is 0 Å². The van der Waals surface area contributed by atoms with Crippen LogP contribution in [0, 0.1) is 0 Å². The predicted octanol–water partition coefficient (Wildman–Crippen LogP) is 1.56. The molecule has 1 rings (SSSR count). The van der Waals surface area contributed by atoms with Crippen LogP contribution in [0.4, 0.5) is 0 Å². The summed E-state index contributed by atoms with van der Waals surface area (Å²) in [5.74, 6) is 0.0639. The number of carbonyl (C=O) groups is 1. The second-order valence-electron chi connectivity index (χ2n) is 4.59. The van der Waals surface area contributed by atoms with Gasteiger partial charge < -0.3 is 15.8 Å². The van der Waals surface area contributed by atoms with Crippen LogP contribution in [0.5, 0.6) is 0 Å². The van der Waals surface area contributed by atoms with E-state index in [1.54, 1.807) is 7.11 Å². The first kappa shape index (κ1) is 18.0. The van der Waals surface area contributed by atoms with Gasteiger partial charge in [0.2, 0.25) is 5.91 Å². The van der Waals surface area contributed by atoms with Gasteiger partial charge >= 0.3 is 0 Å². The van der Waals surface area contributed by atoms with Crippen LogP contribution in [0.15, 0.2) is 0 Å². The molecule has 0 radical (unpaired) electrons. The number of amides is 1. The molecule has 1 amide bonds. The van der Waals surface area contributed by atoms with E-state index in [4.69, 9.17) is 10.5 Å². The summed E-state index contributed by atoms with van der Waals surface area (Å²) in [6.07, 6.45) is 7.03. The predicted molar refractivity (Wildman–Crippen MR) is 79.4 cm³/mol. The molecule has 1 aliphatic rings. The largest absolute Gasteiger partial charge is 0.380 e. The molecule has 108 valence electrons. The quantitative estimate of drug-likeness (QED) is 0.781. The molecule has 0 spiro atoms. The van der Waals surface area contributed by atoms with E-state index in [0.717, 1.165) is 12.8 Å². The van der Waals surface area contributed by atoms with Gasteiger partial charge in [-0.1, -0.05) is 6.42 Å². The number of rotatable bonds is 6. The second kappa shape index (κ2) is 9.89. The SMILES string of the molecule is COC(CN)CC(=O)NC1CCCC(SC)C1.Cl. The van der Waals surface area contributed by atoms with Crippen molar-refractivity contribution in [2.45, 2.75) is 49.5 Å². The van der Waals surface area contributed by atoms with Gasteiger partial charge in [-0.25, -0.2) is 0 Å². The number of hydrogen-bond donors (Lipinski definition) is 2. The highest BCUT2D eigenvalue weighted by atomic mass is 35.5. The summed E-state index contributed by atoms with van der Waals surface area (Å²) >= 11 is 1.90. The Balaban J connectivity index is 0.00000289. The highest BCUT2D eigenvalue weighted by Crippen LogP contribution is 2.26. The van der Waals surface area contributed by atoms with Crippen molar-refractivity contribution in [3.05, 3.63) is 0 Å². The lowest BCUT2D eigenvalue weighted by atomic mass is 9.95. The zero-order chi connectivity index (χ0) is 12.7. The molecule has 4 nitrogen and oxygen atoms in total. The van der Waals surface area contributed by atoms with E-state index in [9.17, 15) is 4.79 Å². The summed E-state index contributed by atoms with van der Waals surface area (Å²) in [5.41, 5.74) is 5.50. The highest BCUT2D eigenvalue weighted by Gasteiger charge is 2.23. The van der Waals surface area contributed by atoms with Crippen molar-refractivity contribution in [3.63, 3.8) is 0 Å². The minimum atomic E-state index is -0.157. The Morgan fingerprint density at radius 1 is 1.56 bits per heavy atom. The molecule has 1 fully saturated rings. The summed E-state index contributed by atoms with van der Waals surface area (Å²) in [6, 6.07) is 0.337. The maximum atomic E-state index is 11.8. The van der Waals surface area contributed by atoms with Crippen LogP contribution < -0.4 is 11.1 Å². The van der Waals surface area contributed by atoms with Crippen molar-refractivity contribution in [1.29, 1.82) is 0 Å². The van der Waals surface area contributed by atoms with Gasteiger partial charge in [0.25, 0.3) is 0 Å². The normalized spacial score (nSPS) is 25.1. The molecule has 3 unspecified atom stereocenters. The monoisotopic (exact) mass is 296 g/mol. The fraction of sp³-hybridized carbons (Fsp3) is 0.917. The van der Waals surface area contributed by atoms with E-state index in [0.29, 0.717) is 24.3 Å². The number of ether oxygens (including phenoxy) is 1. The van der Waals surface area contributed by atoms with E-state index in [-0.39, 0.29) is 24.4 Å². The van der Waals surface area contributed by atoms with Gasteiger partial charge in [-0.3, -0.25) is 4.79 Å². The zero-order valence-corrected chi connectivity index (χ0v) is 12.8. The van der Waals surface area contributed by atoms with Crippen molar-refractivity contribution >= 4 is 30.1 Å². The molecule has 0 aromatic heterocycles. The minimum absolute atomic E-state index is 0. The van der Waals surface area contributed by atoms with Gasteiger partial charge in [0.05, 0.1) is 12.5 Å². The summed E-state index contributed by atoms with van der Waals surface area (Å²) in [7, 11) is 1.59. The number of nitrogens with one attached hydrogen (secondary N) is 1. The molecule has 0 aromatic rings. The molecular formula is C12H25ClN2O2S. The lowest BCUT2D eigenvalue weighted by molar-refractivity contribution is -0.124. The standard InChI is InChI=1S/C12H24N2O2S.ClH/c1-16-10(8-13)7-12(15)14-9-4-3-5-11(6-9)17-2;/h9-11H,3-8,13H2,1-2H3,(H,14,15);1H. The molecule has 18 heavy (non-hydrogen) atoms. The maximum absolute atomic E-state index is 11.8. The Morgan fingerprint density at radius 3 is 2.83 bits per heavy atom. The van der Waals surface area contributed by atoms with Crippen molar-refractivity contribution < 1.29 is 9.53 Å². The van der Waals surface area contributed by atoms with Crippen LogP contribution in [0.3, 0.4) is 0 Å². The first-order valence-corrected chi connectivity index (χ1v) is 7.53. The number of thioether (sulfide) groups is 1. The zero-order valence-electron chi connectivity index (χ0n) is 11.2. The number of halogens is 1. The lowest BCUT2D eigenvalue weighted by Gasteiger charge is -2.29. The third-order valence-corrected chi connectivity index (χ3v) is 4.43. The van der Waals surface area contributed by atoms with Crippen molar-refractivity contribution in [1.82, 2.24) is 5.32 Å². The van der Waals surface area contributed by atoms with E-state index in [1.807, 2.05) is 11.8 Å². The first-order chi connectivity index (χ1) is 8.19. The van der Waals surface area contributed by atoms with Crippen LogP contribution in [0.1, 0.15) is 32.1 Å². The van der Waals surface area contributed by atoms with Gasteiger partial charge in [-0.05, 0) is 25.5 Å². The number of carbonyl (C=O) groups excluding carboxylic acids is 1. The van der Waals surface area contributed by atoms with Gasteiger partial charge in [-0.15, -0.1) is 12.4 Å². The summed E-state index contributed by atoms with van der Waals surface area (Å²) in [5, 5.41) is 3.79.